The monoisotopic (exact) mass is 199 g/mol. The molecule has 0 aromatic carbocycles. The molecular weight excluding hydrogens is 186 g/mol. The molecule has 0 saturated heterocycles. The Morgan fingerprint density at radius 1 is 1.57 bits per heavy atom. The van der Waals surface area contributed by atoms with Gasteiger partial charge in [0.1, 0.15) is 0 Å². The van der Waals surface area contributed by atoms with Crippen LogP contribution in [0.2, 0.25) is 0 Å². The Kier molecular flexibility index (Phi) is 4.12. The van der Waals surface area contributed by atoms with E-state index in [4.69, 9.17) is 14.3 Å². The van der Waals surface area contributed by atoms with Crippen LogP contribution in [0.1, 0.15) is 13.8 Å². The van der Waals surface area contributed by atoms with Crippen molar-refractivity contribution >= 4 is 11.7 Å². The Morgan fingerprint density at radius 3 is 2.86 bits per heavy atom. The van der Waals surface area contributed by atoms with Crippen LogP contribution in [0.4, 0.5) is 0 Å². The zero-order valence-corrected chi connectivity index (χ0v) is 8.23. The van der Waals surface area contributed by atoms with Crippen molar-refractivity contribution in [1.82, 2.24) is 0 Å². The van der Waals surface area contributed by atoms with Gasteiger partial charge in [-0.3, -0.25) is 0 Å². The summed E-state index contributed by atoms with van der Waals surface area (Å²) in [6.45, 7) is 4.43. The molecular formula is C9H13NO4. The second-order valence-electron chi connectivity index (χ2n) is 2.49. The van der Waals surface area contributed by atoms with Gasteiger partial charge in [0.15, 0.2) is 5.71 Å². The summed E-state index contributed by atoms with van der Waals surface area (Å²) < 4.78 is 9.84. The number of hydrogen-bond acceptors (Lipinski definition) is 5. The first kappa shape index (κ1) is 10.7. The summed E-state index contributed by atoms with van der Waals surface area (Å²) in [7, 11) is 0. The average molecular weight is 199 g/mol. The van der Waals surface area contributed by atoms with Crippen LogP contribution in [0.5, 0.6) is 0 Å². The lowest BCUT2D eigenvalue weighted by atomic mass is 10.3. The van der Waals surface area contributed by atoms with Crippen molar-refractivity contribution in [2.24, 2.45) is 5.16 Å². The van der Waals surface area contributed by atoms with Crippen molar-refractivity contribution < 1.29 is 19.1 Å². The molecule has 1 aliphatic heterocycles. The van der Waals surface area contributed by atoms with Crippen LogP contribution in [0, 0.1) is 0 Å². The van der Waals surface area contributed by atoms with Crippen LogP contribution in [0.3, 0.4) is 0 Å². The summed E-state index contributed by atoms with van der Waals surface area (Å²) in [5.74, 6) is -0.487. The van der Waals surface area contributed by atoms with E-state index in [0.29, 0.717) is 13.2 Å². The van der Waals surface area contributed by atoms with E-state index in [1.54, 1.807) is 13.0 Å². The van der Waals surface area contributed by atoms with Crippen LogP contribution in [-0.4, -0.2) is 31.2 Å². The van der Waals surface area contributed by atoms with E-state index < -0.39 is 12.3 Å². The smallest absolute Gasteiger partial charge is 0.360 e. The Labute approximate surface area is 82.3 Å². The van der Waals surface area contributed by atoms with Gasteiger partial charge in [0, 0.05) is 6.61 Å². The Morgan fingerprint density at radius 2 is 2.36 bits per heavy atom. The van der Waals surface area contributed by atoms with E-state index >= 15 is 0 Å². The second-order valence-corrected chi connectivity index (χ2v) is 2.49. The minimum atomic E-state index is -0.502. The number of esters is 1. The molecule has 0 amide bonds. The van der Waals surface area contributed by atoms with Crippen LogP contribution >= 0.6 is 0 Å². The highest BCUT2D eigenvalue weighted by Gasteiger charge is 2.17. The van der Waals surface area contributed by atoms with Crippen LogP contribution in [0.15, 0.2) is 17.3 Å². The van der Waals surface area contributed by atoms with Crippen LogP contribution in [-0.2, 0) is 19.1 Å². The topological polar surface area (TPSA) is 57.1 Å². The fourth-order valence-electron chi connectivity index (χ4n) is 0.905. The number of oxime groups is 1. The number of carbonyl (C=O) groups excluding carboxylic acids is 1. The summed E-state index contributed by atoms with van der Waals surface area (Å²) in [4.78, 5) is 16.0. The van der Waals surface area contributed by atoms with Crippen molar-refractivity contribution in [3.63, 3.8) is 0 Å². The highest BCUT2D eigenvalue weighted by Crippen LogP contribution is 2.05. The number of ether oxygens (including phenoxy) is 2. The predicted molar refractivity (Wildman–Crippen MR) is 49.7 cm³/mol. The quantitative estimate of drug-likeness (QED) is 0.630. The first-order valence-electron chi connectivity index (χ1n) is 4.48. The molecule has 1 heterocycles. The molecule has 5 heteroatoms. The summed E-state index contributed by atoms with van der Waals surface area (Å²) >= 11 is 0. The summed E-state index contributed by atoms with van der Waals surface area (Å²) in [6, 6.07) is 0. The average Bonchev–Trinajstić information content (AvgIpc) is 2.20. The van der Waals surface area contributed by atoms with Gasteiger partial charge in [0.05, 0.1) is 6.61 Å². The largest absolute Gasteiger partial charge is 0.461 e. The highest BCUT2D eigenvalue weighted by atomic mass is 16.8. The van der Waals surface area contributed by atoms with Gasteiger partial charge in [-0.15, -0.1) is 0 Å². The standard InChI is InChI=1S/C9H13NO4/c1-3-12-8-6-5-7(10-14-8)9(11)13-4-2/h5-6,8H,3-4H2,1-2H3/t8-/m0/s1. The van der Waals surface area contributed by atoms with Crippen molar-refractivity contribution in [3.05, 3.63) is 12.2 Å². The van der Waals surface area contributed by atoms with Crippen LogP contribution in [0.25, 0.3) is 0 Å². The van der Waals surface area contributed by atoms with E-state index in [0.717, 1.165) is 0 Å². The molecule has 0 fully saturated rings. The maximum absolute atomic E-state index is 11.1. The van der Waals surface area contributed by atoms with Crippen molar-refractivity contribution in [2.75, 3.05) is 13.2 Å². The SMILES string of the molecule is CCOC(=O)C1=NO[C@H](OCC)C=C1. The molecule has 14 heavy (non-hydrogen) atoms. The highest BCUT2D eigenvalue weighted by molar-refractivity contribution is 6.41. The lowest BCUT2D eigenvalue weighted by Crippen LogP contribution is -2.22. The third kappa shape index (κ3) is 2.85. The Hall–Kier alpha value is -1.36. The predicted octanol–water partition coefficient (Wildman–Crippen LogP) is 0.855. The van der Waals surface area contributed by atoms with Crippen LogP contribution < -0.4 is 0 Å². The van der Waals surface area contributed by atoms with Gasteiger partial charge < -0.3 is 14.3 Å². The molecule has 0 aromatic heterocycles. The number of nitrogens with zero attached hydrogens (tertiary/aromatic N) is 1. The fourth-order valence-corrected chi connectivity index (χ4v) is 0.905. The number of rotatable bonds is 4. The first-order valence-corrected chi connectivity index (χ1v) is 4.48. The van der Waals surface area contributed by atoms with Gasteiger partial charge in [-0.2, -0.15) is 0 Å². The number of hydrogen-bond donors (Lipinski definition) is 0. The summed E-state index contributed by atoms with van der Waals surface area (Å²) in [5, 5.41) is 3.58. The van der Waals surface area contributed by atoms with Gasteiger partial charge in [-0.25, -0.2) is 4.79 Å². The molecule has 0 unspecified atom stereocenters. The molecule has 1 rings (SSSR count). The van der Waals surface area contributed by atoms with Gasteiger partial charge in [-0.1, -0.05) is 5.16 Å². The van der Waals surface area contributed by atoms with Gasteiger partial charge in [-0.05, 0) is 26.0 Å². The van der Waals surface area contributed by atoms with Crippen molar-refractivity contribution in [1.29, 1.82) is 0 Å². The van der Waals surface area contributed by atoms with E-state index in [1.165, 1.54) is 6.08 Å². The maximum Gasteiger partial charge on any atom is 0.360 e. The van der Waals surface area contributed by atoms with E-state index in [-0.39, 0.29) is 5.71 Å². The van der Waals surface area contributed by atoms with Gasteiger partial charge in [0.2, 0.25) is 6.29 Å². The first-order chi connectivity index (χ1) is 6.77. The molecule has 0 N–H and O–H groups in total. The maximum atomic E-state index is 11.1. The second kappa shape index (κ2) is 5.39. The lowest BCUT2D eigenvalue weighted by Gasteiger charge is -2.14. The molecule has 0 radical (unpaired) electrons. The third-order valence-corrected chi connectivity index (χ3v) is 1.48. The van der Waals surface area contributed by atoms with E-state index in [1.807, 2.05) is 6.92 Å². The molecule has 0 bridgehead atoms. The third-order valence-electron chi connectivity index (χ3n) is 1.48. The summed E-state index contributed by atoms with van der Waals surface area (Å²) in [6.07, 6.45) is 2.64. The molecule has 1 atom stereocenters. The number of carbonyl (C=O) groups is 1. The minimum absolute atomic E-state index is 0.155. The fraction of sp³-hybridized carbons (Fsp3) is 0.556. The van der Waals surface area contributed by atoms with E-state index in [2.05, 4.69) is 5.16 Å². The van der Waals surface area contributed by atoms with Gasteiger partial charge in [0.25, 0.3) is 0 Å². The van der Waals surface area contributed by atoms with Crippen molar-refractivity contribution in [3.8, 4) is 0 Å². The molecule has 5 nitrogen and oxygen atoms in total. The molecule has 0 aliphatic carbocycles. The lowest BCUT2D eigenvalue weighted by molar-refractivity contribution is -0.136. The Balaban J connectivity index is 2.46. The van der Waals surface area contributed by atoms with E-state index in [9.17, 15) is 4.79 Å². The zero-order chi connectivity index (χ0) is 10.4. The zero-order valence-electron chi connectivity index (χ0n) is 8.23. The summed E-state index contributed by atoms with van der Waals surface area (Å²) in [5.41, 5.74) is 0.155. The normalized spacial score (nSPS) is 19.9. The molecule has 0 saturated carbocycles. The molecule has 0 spiro atoms. The molecule has 0 aromatic rings. The molecule has 1 aliphatic rings. The van der Waals surface area contributed by atoms with Crippen molar-refractivity contribution in [2.45, 2.75) is 20.1 Å². The minimum Gasteiger partial charge on any atom is -0.461 e. The van der Waals surface area contributed by atoms with Gasteiger partial charge >= 0.3 is 5.97 Å². The Bertz CT molecular complexity index is 260. The molecule has 78 valence electrons.